The van der Waals surface area contributed by atoms with Gasteiger partial charge in [-0.25, -0.2) is 0 Å². The van der Waals surface area contributed by atoms with Crippen LogP contribution in [0.2, 0.25) is 0 Å². The van der Waals surface area contributed by atoms with E-state index in [1.165, 1.54) is 11.1 Å². The van der Waals surface area contributed by atoms with Crippen molar-refractivity contribution in [2.24, 2.45) is 11.7 Å². The van der Waals surface area contributed by atoms with Gasteiger partial charge in [-0.1, -0.05) is 19.1 Å². The van der Waals surface area contributed by atoms with Crippen molar-refractivity contribution in [2.75, 3.05) is 5.32 Å². The molecule has 110 valence electrons. The van der Waals surface area contributed by atoms with Gasteiger partial charge in [0.05, 0.1) is 5.92 Å². The Labute approximate surface area is 125 Å². The van der Waals surface area contributed by atoms with E-state index in [-0.39, 0.29) is 17.9 Å². The summed E-state index contributed by atoms with van der Waals surface area (Å²) in [4.78, 5) is 15.9. The average Bonchev–Trinajstić information content (AvgIpc) is 2.49. The van der Waals surface area contributed by atoms with Gasteiger partial charge >= 0.3 is 0 Å². The summed E-state index contributed by atoms with van der Waals surface area (Å²) in [5.74, 6) is -0.256. The lowest BCUT2D eigenvalue weighted by atomic mass is 10.0. The van der Waals surface area contributed by atoms with E-state index in [9.17, 15) is 4.79 Å². The number of amides is 1. The lowest BCUT2D eigenvalue weighted by Crippen LogP contribution is -2.34. The predicted octanol–water partition coefficient (Wildman–Crippen LogP) is 2.59. The van der Waals surface area contributed by atoms with Gasteiger partial charge in [-0.05, 0) is 48.7 Å². The Morgan fingerprint density at radius 2 is 1.67 bits per heavy atom. The van der Waals surface area contributed by atoms with Crippen molar-refractivity contribution < 1.29 is 4.79 Å². The summed E-state index contributed by atoms with van der Waals surface area (Å²) in [5, 5.41) is 2.89. The predicted molar refractivity (Wildman–Crippen MR) is 84.9 cm³/mol. The topological polar surface area (TPSA) is 68.0 Å². The van der Waals surface area contributed by atoms with Gasteiger partial charge < -0.3 is 11.1 Å². The van der Waals surface area contributed by atoms with Crippen molar-refractivity contribution >= 4 is 11.6 Å². The molecule has 1 aromatic heterocycles. The summed E-state index contributed by atoms with van der Waals surface area (Å²) in [6.07, 6.45) is 4.44. The Bertz CT molecular complexity index is 579. The van der Waals surface area contributed by atoms with Crippen molar-refractivity contribution in [1.82, 2.24) is 4.98 Å². The number of benzene rings is 1. The minimum atomic E-state index is -0.207. The lowest BCUT2D eigenvalue weighted by molar-refractivity contribution is -0.119. The molecule has 0 saturated carbocycles. The first-order valence-electron chi connectivity index (χ1n) is 7.10. The normalized spacial score (nSPS) is 13.5. The molecule has 1 heterocycles. The Morgan fingerprint density at radius 1 is 1.10 bits per heavy atom. The maximum atomic E-state index is 11.9. The third-order valence-electron chi connectivity index (χ3n) is 3.58. The second-order valence-corrected chi connectivity index (χ2v) is 5.37. The number of rotatable bonds is 5. The van der Waals surface area contributed by atoms with E-state index in [0.717, 1.165) is 12.1 Å². The Balaban J connectivity index is 1.98. The highest BCUT2D eigenvalue weighted by Gasteiger charge is 2.16. The third-order valence-corrected chi connectivity index (χ3v) is 3.58. The minimum absolute atomic E-state index is 0.0492. The molecule has 0 spiro atoms. The second kappa shape index (κ2) is 6.99. The number of hydrogen-bond donors (Lipinski definition) is 2. The SMILES string of the molecule is CC(N)C(C)C(=O)Nc1ccc(Cc2ccncc2)cc1. The maximum absolute atomic E-state index is 11.9. The Hall–Kier alpha value is -2.20. The Morgan fingerprint density at radius 3 is 2.24 bits per heavy atom. The highest BCUT2D eigenvalue weighted by atomic mass is 16.1. The van der Waals surface area contributed by atoms with Crippen LogP contribution < -0.4 is 11.1 Å². The molecule has 21 heavy (non-hydrogen) atoms. The second-order valence-electron chi connectivity index (χ2n) is 5.37. The molecule has 0 bridgehead atoms. The molecule has 4 heteroatoms. The molecule has 0 saturated heterocycles. The van der Waals surface area contributed by atoms with Crippen LogP contribution in [0.1, 0.15) is 25.0 Å². The molecule has 2 rings (SSSR count). The summed E-state index contributed by atoms with van der Waals surface area (Å²) in [6, 6.07) is 11.7. The molecular weight excluding hydrogens is 262 g/mol. The molecular formula is C17H21N3O. The van der Waals surface area contributed by atoms with E-state index in [1.807, 2.05) is 50.2 Å². The monoisotopic (exact) mass is 283 g/mol. The summed E-state index contributed by atoms with van der Waals surface area (Å²) in [7, 11) is 0. The van der Waals surface area contributed by atoms with Gasteiger partial charge in [0.25, 0.3) is 0 Å². The molecule has 0 fully saturated rings. The molecule has 3 N–H and O–H groups in total. The van der Waals surface area contributed by atoms with E-state index >= 15 is 0 Å². The van der Waals surface area contributed by atoms with E-state index in [1.54, 1.807) is 12.4 Å². The van der Waals surface area contributed by atoms with Crippen molar-refractivity contribution in [1.29, 1.82) is 0 Å². The number of carbonyl (C=O) groups is 1. The molecule has 4 nitrogen and oxygen atoms in total. The molecule has 1 aromatic carbocycles. The van der Waals surface area contributed by atoms with Crippen LogP contribution in [0.15, 0.2) is 48.8 Å². The molecule has 2 unspecified atom stereocenters. The summed E-state index contributed by atoms with van der Waals surface area (Å²) in [6.45, 7) is 3.67. The van der Waals surface area contributed by atoms with Gasteiger partial charge in [-0.2, -0.15) is 0 Å². The first-order chi connectivity index (χ1) is 10.1. The van der Waals surface area contributed by atoms with Crippen molar-refractivity contribution in [3.05, 3.63) is 59.9 Å². The molecule has 0 radical (unpaired) electrons. The van der Waals surface area contributed by atoms with Gasteiger partial charge in [0, 0.05) is 24.1 Å². The number of nitrogens with one attached hydrogen (secondary N) is 1. The summed E-state index contributed by atoms with van der Waals surface area (Å²) in [5.41, 5.74) is 8.94. The van der Waals surface area contributed by atoms with Gasteiger partial charge in [0.15, 0.2) is 0 Å². The van der Waals surface area contributed by atoms with Crippen molar-refractivity contribution in [3.63, 3.8) is 0 Å². The zero-order valence-corrected chi connectivity index (χ0v) is 12.4. The van der Waals surface area contributed by atoms with Crippen LogP contribution in [0.4, 0.5) is 5.69 Å². The summed E-state index contributed by atoms with van der Waals surface area (Å²) < 4.78 is 0. The van der Waals surface area contributed by atoms with E-state index < -0.39 is 0 Å². The lowest BCUT2D eigenvalue weighted by Gasteiger charge is -2.15. The maximum Gasteiger partial charge on any atom is 0.228 e. The van der Waals surface area contributed by atoms with E-state index in [0.29, 0.717) is 0 Å². The number of nitrogens with two attached hydrogens (primary N) is 1. The van der Waals surface area contributed by atoms with Crippen LogP contribution in [0, 0.1) is 5.92 Å². The number of pyridine rings is 1. The number of aromatic nitrogens is 1. The highest BCUT2D eigenvalue weighted by molar-refractivity contribution is 5.92. The average molecular weight is 283 g/mol. The zero-order chi connectivity index (χ0) is 15.2. The smallest absolute Gasteiger partial charge is 0.228 e. The van der Waals surface area contributed by atoms with Crippen molar-refractivity contribution in [2.45, 2.75) is 26.3 Å². The first kappa shape index (κ1) is 15.2. The standard InChI is InChI=1S/C17H21N3O/c1-12(13(2)18)17(21)20-16-5-3-14(4-6-16)11-15-7-9-19-10-8-15/h3-10,12-13H,11,18H2,1-2H3,(H,20,21). The number of hydrogen-bond acceptors (Lipinski definition) is 3. The molecule has 2 aromatic rings. The fourth-order valence-corrected chi connectivity index (χ4v) is 1.94. The Kier molecular flexibility index (Phi) is 5.06. The first-order valence-corrected chi connectivity index (χ1v) is 7.10. The van der Waals surface area contributed by atoms with Gasteiger partial charge in [-0.3, -0.25) is 9.78 Å². The quantitative estimate of drug-likeness (QED) is 0.886. The number of carbonyl (C=O) groups excluding carboxylic acids is 1. The zero-order valence-electron chi connectivity index (χ0n) is 12.4. The fraction of sp³-hybridized carbons (Fsp3) is 0.294. The van der Waals surface area contributed by atoms with Crippen LogP contribution in [-0.4, -0.2) is 16.9 Å². The van der Waals surface area contributed by atoms with Gasteiger partial charge in [-0.15, -0.1) is 0 Å². The minimum Gasteiger partial charge on any atom is -0.327 e. The van der Waals surface area contributed by atoms with Gasteiger partial charge in [0.1, 0.15) is 0 Å². The largest absolute Gasteiger partial charge is 0.327 e. The summed E-state index contributed by atoms with van der Waals surface area (Å²) >= 11 is 0. The molecule has 2 atom stereocenters. The van der Waals surface area contributed by atoms with Crippen LogP contribution in [0.25, 0.3) is 0 Å². The number of anilines is 1. The third kappa shape index (κ3) is 4.39. The van der Waals surface area contributed by atoms with Crippen LogP contribution in [0.3, 0.4) is 0 Å². The van der Waals surface area contributed by atoms with Gasteiger partial charge in [0.2, 0.25) is 5.91 Å². The van der Waals surface area contributed by atoms with E-state index in [2.05, 4.69) is 10.3 Å². The molecule has 0 aliphatic heterocycles. The van der Waals surface area contributed by atoms with Crippen LogP contribution in [-0.2, 0) is 11.2 Å². The molecule has 1 amide bonds. The molecule has 0 aliphatic rings. The molecule has 0 aliphatic carbocycles. The fourth-order valence-electron chi connectivity index (χ4n) is 1.94. The van der Waals surface area contributed by atoms with Crippen LogP contribution in [0.5, 0.6) is 0 Å². The van der Waals surface area contributed by atoms with Crippen molar-refractivity contribution in [3.8, 4) is 0 Å². The number of nitrogens with zero attached hydrogens (tertiary/aromatic N) is 1. The van der Waals surface area contributed by atoms with Crippen LogP contribution >= 0.6 is 0 Å². The van der Waals surface area contributed by atoms with E-state index in [4.69, 9.17) is 5.73 Å². The highest BCUT2D eigenvalue weighted by Crippen LogP contribution is 2.14.